The maximum Gasteiger partial charge on any atom is 0.270 e. The van der Waals surface area contributed by atoms with Gasteiger partial charge in [0.25, 0.3) is 5.69 Å². The minimum Gasteiger partial charge on any atom is -0.507 e. The van der Waals surface area contributed by atoms with E-state index in [1.54, 1.807) is 12.3 Å². The van der Waals surface area contributed by atoms with Crippen LogP contribution in [0.5, 0.6) is 5.75 Å². The van der Waals surface area contributed by atoms with Crippen LogP contribution in [0.25, 0.3) is 0 Å². The Morgan fingerprint density at radius 3 is 2.24 bits per heavy atom. The van der Waals surface area contributed by atoms with Crippen LogP contribution >= 0.6 is 0 Å². The van der Waals surface area contributed by atoms with E-state index in [0.29, 0.717) is 17.5 Å². The number of rotatable bonds is 4. The summed E-state index contributed by atoms with van der Waals surface area (Å²) in [6.45, 7) is 0. The normalized spacial score (nSPS) is 42.2. The first-order valence-electron chi connectivity index (χ1n) is 11.5. The van der Waals surface area contributed by atoms with Crippen molar-refractivity contribution in [2.24, 2.45) is 34.6 Å². The van der Waals surface area contributed by atoms with Gasteiger partial charge in [-0.3, -0.25) is 15.1 Å². The van der Waals surface area contributed by atoms with Crippen molar-refractivity contribution in [1.29, 1.82) is 0 Å². The highest BCUT2D eigenvalue weighted by Gasteiger charge is 2.53. The molecule has 3 unspecified atom stereocenters. The minimum absolute atomic E-state index is 0.0696. The Morgan fingerprint density at radius 1 is 1.00 bits per heavy atom. The van der Waals surface area contributed by atoms with Gasteiger partial charge in [-0.15, -0.1) is 0 Å². The number of non-ortho nitro benzene ring substituents is 1. The molecule has 7 rings (SSSR count). The molecule has 1 aromatic carbocycles. The lowest BCUT2D eigenvalue weighted by molar-refractivity contribution is -0.385. The number of nitro benzene ring substituents is 1. The van der Waals surface area contributed by atoms with Gasteiger partial charge in [0.15, 0.2) is 0 Å². The largest absolute Gasteiger partial charge is 0.507 e. The fourth-order valence-corrected chi connectivity index (χ4v) is 8.26. The van der Waals surface area contributed by atoms with E-state index in [4.69, 9.17) is 4.99 Å². The molecule has 29 heavy (non-hydrogen) atoms. The summed E-state index contributed by atoms with van der Waals surface area (Å²) in [5.74, 6) is 3.91. The predicted octanol–water partition coefficient (Wildman–Crippen LogP) is 5.38. The first kappa shape index (κ1) is 17.9. The second kappa shape index (κ2) is 6.29. The first-order valence-corrected chi connectivity index (χ1v) is 11.5. The molecule has 0 spiro atoms. The van der Waals surface area contributed by atoms with Crippen LogP contribution in [-0.4, -0.2) is 22.3 Å². The monoisotopic (exact) mass is 394 g/mol. The van der Waals surface area contributed by atoms with Crippen LogP contribution in [0.1, 0.15) is 75.3 Å². The second-order valence-corrected chi connectivity index (χ2v) is 10.9. The average Bonchev–Trinajstić information content (AvgIpc) is 3.29. The summed E-state index contributed by atoms with van der Waals surface area (Å²) in [6.07, 6.45) is 13.9. The van der Waals surface area contributed by atoms with E-state index < -0.39 is 0 Å². The molecule has 1 N–H and O–H groups in total. The molecule has 6 aliphatic rings. The lowest BCUT2D eigenvalue weighted by Gasteiger charge is -2.57. The number of hydrogen-bond acceptors (Lipinski definition) is 4. The van der Waals surface area contributed by atoms with Crippen molar-refractivity contribution in [2.75, 3.05) is 0 Å². The predicted molar refractivity (Wildman–Crippen MR) is 111 cm³/mol. The highest BCUT2D eigenvalue weighted by Crippen LogP contribution is 2.62. The van der Waals surface area contributed by atoms with E-state index in [0.717, 1.165) is 54.9 Å². The van der Waals surface area contributed by atoms with E-state index in [9.17, 15) is 15.2 Å². The Bertz CT molecular complexity index is 857. The number of nitro groups is 1. The Labute approximate surface area is 171 Å². The summed E-state index contributed by atoms with van der Waals surface area (Å²) in [4.78, 5) is 16.2. The second-order valence-electron chi connectivity index (χ2n) is 10.9. The molecular formula is C24H30N2O3. The highest BCUT2D eigenvalue weighted by atomic mass is 16.6. The molecule has 3 atom stereocenters. The van der Waals surface area contributed by atoms with Crippen molar-refractivity contribution in [3.8, 4) is 5.75 Å². The smallest absolute Gasteiger partial charge is 0.270 e. The van der Waals surface area contributed by atoms with E-state index in [-0.39, 0.29) is 21.8 Å². The van der Waals surface area contributed by atoms with Crippen molar-refractivity contribution in [3.05, 3.63) is 33.4 Å². The molecule has 0 amide bonds. The molecule has 0 heterocycles. The maximum atomic E-state index is 11.7. The van der Waals surface area contributed by atoms with Crippen LogP contribution in [0.15, 0.2) is 17.1 Å². The molecule has 5 heteroatoms. The molecule has 0 aliphatic heterocycles. The molecule has 6 bridgehead atoms. The molecule has 0 saturated heterocycles. The van der Waals surface area contributed by atoms with Gasteiger partial charge in [0, 0.05) is 34.9 Å². The minimum atomic E-state index is -0.307. The third-order valence-corrected chi connectivity index (χ3v) is 9.05. The number of phenolic OH excluding ortho intramolecular Hbond substituents is 1. The zero-order valence-electron chi connectivity index (χ0n) is 16.9. The van der Waals surface area contributed by atoms with Crippen LogP contribution < -0.4 is 0 Å². The van der Waals surface area contributed by atoms with Crippen molar-refractivity contribution in [1.82, 2.24) is 0 Å². The SMILES string of the molecule is O=[N+]([O-])c1cc(C=NC2CC3CCC2C3)c(O)c(C23CC4CC(CC(C4)C2)C3)c1. The summed E-state index contributed by atoms with van der Waals surface area (Å²) in [6, 6.07) is 3.53. The zero-order chi connectivity index (χ0) is 19.8. The van der Waals surface area contributed by atoms with Crippen LogP contribution in [0.2, 0.25) is 0 Å². The van der Waals surface area contributed by atoms with Crippen molar-refractivity contribution in [3.63, 3.8) is 0 Å². The summed E-state index contributed by atoms with van der Waals surface area (Å²) >= 11 is 0. The topological polar surface area (TPSA) is 75.7 Å². The number of nitrogens with zero attached hydrogens (tertiary/aromatic N) is 2. The number of phenols is 1. The molecule has 0 aromatic heterocycles. The molecule has 1 aromatic rings. The number of hydrogen-bond donors (Lipinski definition) is 1. The molecule has 154 valence electrons. The maximum absolute atomic E-state index is 11.7. The summed E-state index contributed by atoms with van der Waals surface area (Å²) in [7, 11) is 0. The van der Waals surface area contributed by atoms with E-state index in [1.165, 1.54) is 44.6 Å². The number of benzene rings is 1. The van der Waals surface area contributed by atoms with Crippen LogP contribution in [0.4, 0.5) is 5.69 Å². The third-order valence-electron chi connectivity index (χ3n) is 9.05. The first-order chi connectivity index (χ1) is 14.0. The molecule has 6 aliphatic carbocycles. The quantitative estimate of drug-likeness (QED) is 0.423. The van der Waals surface area contributed by atoms with Gasteiger partial charge >= 0.3 is 0 Å². The molecule has 5 nitrogen and oxygen atoms in total. The van der Waals surface area contributed by atoms with Gasteiger partial charge in [-0.2, -0.15) is 0 Å². The average molecular weight is 395 g/mol. The fourth-order valence-electron chi connectivity index (χ4n) is 8.26. The fraction of sp³-hybridized carbons (Fsp3) is 0.708. The van der Waals surface area contributed by atoms with Gasteiger partial charge < -0.3 is 5.11 Å². The van der Waals surface area contributed by atoms with Crippen LogP contribution in [0, 0.1) is 39.7 Å². The number of aliphatic imine (C=N–C) groups is 1. The van der Waals surface area contributed by atoms with Gasteiger partial charge in [0.2, 0.25) is 0 Å². The van der Waals surface area contributed by atoms with E-state index in [2.05, 4.69) is 0 Å². The summed E-state index contributed by atoms with van der Waals surface area (Å²) in [5.41, 5.74) is 1.41. The molecule has 6 saturated carbocycles. The third kappa shape index (κ3) is 2.83. The zero-order valence-corrected chi connectivity index (χ0v) is 16.9. The standard InChI is InChI=1S/C24H30N2O3/c27-23-19(13-25-22-7-14-1-2-18(22)6-14)8-20(26(28)29)9-21(23)24-10-15-3-16(11-24)5-17(4-15)12-24/h8-9,13-18,22,27H,1-7,10-12H2. The van der Waals surface area contributed by atoms with Gasteiger partial charge in [-0.05, 0) is 87.4 Å². The van der Waals surface area contributed by atoms with Crippen molar-refractivity contribution < 1.29 is 10.0 Å². The Balaban J connectivity index is 1.38. The van der Waals surface area contributed by atoms with Gasteiger partial charge in [-0.1, -0.05) is 6.42 Å². The number of fused-ring (bicyclic) bond motifs is 2. The highest BCUT2D eigenvalue weighted by molar-refractivity contribution is 5.86. The Hall–Kier alpha value is -1.91. The van der Waals surface area contributed by atoms with Gasteiger partial charge in [-0.25, -0.2) is 0 Å². The van der Waals surface area contributed by atoms with Gasteiger partial charge in [0.05, 0.1) is 11.0 Å². The van der Waals surface area contributed by atoms with Crippen molar-refractivity contribution >= 4 is 11.9 Å². The number of aromatic hydroxyl groups is 1. The molecule has 0 radical (unpaired) electrons. The van der Waals surface area contributed by atoms with E-state index >= 15 is 0 Å². The van der Waals surface area contributed by atoms with Crippen molar-refractivity contribution in [2.45, 2.75) is 75.7 Å². The lowest BCUT2D eigenvalue weighted by Crippen LogP contribution is -2.48. The molecular weight excluding hydrogens is 364 g/mol. The van der Waals surface area contributed by atoms with Crippen LogP contribution in [0.3, 0.4) is 0 Å². The lowest BCUT2D eigenvalue weighted by atomic mass is 9.48. The van der Waals surface area contributed by atoms with Crippen LogP contribution in [-0.2, 0) is 5.41 Å². The molecule has 6 fully saturated rings. The van der Waals surface area contributed by atoms with E-state index in [1.807, 2.05) is 0 Å². The Kier molecular flexibility index (Phi) is 3.89. The summed E-state index contributed by atoms with van der Waals surface area (Å²) < 4.78 is 0. The Morgan fingerprint density at radius 2 is 1.69 bits per heavy atom. The van der Waals surface area contributed by atoms with Gasteiger partial charge in [0.1, 0.15) is 5.75 Å². The summed E-state index contributed by atoms with van der Waals surface area (Å²) in [5, 5.41) is 22.9.